The molecule has 2 aromatic carbocycles. The molecule has 3 aromatic rings. The number of aromatic nitrogens is 2. The Kier molecular flexibility index (Phi) is 4.74. The predicted molar refractivity (Wildman–Crippen MR) is 91.3 cm³/mol. The molecule has 1 N–H and O–H groups in total. The van der Waals surface area contributed by atoms with Crippen molar-refractivity contribution in [2.75, 3.05) is 6.61 Å². The van der Waals surface area contributed by atoms with Crippen LogP contribution in [0.4, 0.5) is 0 Å². The van der Waals surface area contributed by atoms with Gasteiger partial charge in [0.2, 0.25) is 0 Å². The molecular weight excluding hydrogens is 288 g/mol. The summed E-state index contributed by atoms with van der Waals surface area (Å²) >= 11 is 0. The monoisotopic (exact) mass is 310 g/mol. The molecule has 0 radical (unpaired) electrons. The van der Waals surface area contributed by atoms with E-state index in [9.17, 15) is 5.11 Å². The maximum absolute atomic E-state index is 10.2. The van der Waals surface area contributed by atoms with E-state index < -0.39 is 6.10 Å². The van der Waals surface area contributed by atoms with Gasteiger partial charge in [0.1, 0.15) is 0 Å². The first-order valence-corrected chi connectivity index (χ1v) is 7.85. The van der Waals surface area contributed by atoms with Crippen LogP contribution in [-0.2, 0) is 17.9 Å². The van der Waals surface area contributed by atoms with E-state index in [-0.39, 0.29) is 0 Å². The van der Waals surface area contributed by atoms with Gasteiger partial charge in [0.15, 0.2) is 0 Å². The van der Waals surface area contributed by atoms with Crippen molar-refractivity contribution < 1.29 is 9.84 Å². The van der Waals surface area contributed by atoms with Crippen LogP contribution >= 0.6 is 0 Å². The van der Waals surface area contributed by atoms with E-state index in [1.807, 2.05) is 34.9 Å². The van der Waals surface area contributed by atoms with Gasteiger partial charge in [-0.15, -0.1) is 0 Å². The van der Waals surface area contributed by atoms with Crippen molar-refractivity contribution >= 4 is 11.0 Å². The Morgan fingerprint density at radius 1 is 1.13 bits per heavy atom. The summed E-state index contributed by atoms with van der Waals surface area (Å²) in [5.74, 6) is 0. The van der Waals surface area contributed by atoms with Crippen molar-refractivity contribution in [2.24, 2.45) is 0 Å². The summed E-state index contributed by atoms with van der Waals surface area (Å²) in [6, 6.07) is 14.2. The number of benzene rings is 2. The van der Waals surface area contributed by atoms with Gasteiger partial charge in [-0.3, -0.25) is 0 Å². The van der Waals surface area contributed by atoms with E-state index in [4.69, 9.17) is 4.74 Å². The molecule has 0 saturated carbocycles. The molecule has 0 amide bonds. The normalized spacial score (nSPS) is 12.7. The Labute approximate surface area is 136 Å². The van der Waals surface area contributed by atoms with Crippen LogP contribution in [0.25, 0.3) is 11.0 Å². The molecule has 1 aromatic heterocycles. The van der Waals surface area contributed by atoms with Crippen LogP contribution in [0, 0.1) is 13.8 Å². The number of nitrogens with zero attached hydrogens (tertiary/aromatic N) is 2. The molecule has 23 heavy (non-hydrogen) atoms. The minimum absolute atomic E-state index is 0.305. The lowest BCUT2D eigenvalue weighted by atomic mass is 10.1. The summed E-state index contributed by atoms with van der Waals surface area (Å²) < 4.78 is 7.59. The number of aryl methyl sites for hydroxylation is 2. The highest BCUT2D eigenvalue weighted by molar-refractivity contribution is 5.77. The Balaban J connectivity index is 1.59. The number of fused-ring (bicyclic) bond motifs is 1. The van der Waals surface area contributed by atoms with Crippen LogP contribution in [0.1, 0.15) is 16.7 Å². The molecule has 1 atom stereocenters. The van der Waals surface area contributed by atoms with Gasteiger partial charge in [0.05, 0.1) is 43.2 Å². The van der Waals surface area contributed by atoms with E-state index in [1.54, 1.807) is 6.33 Å². The lowest BCUT2D eigenvalue weighted by Gasteiger charge is -2.13. The molecule has 0 bridgehead atoms. The highest BCUT2D eigenvalue weighted by atomic mass is 16.5. The van der Waals surface area contributed by atoms with Gasteiger partial charge in [0.25, 0.3) is 0 Å². The minimum atomic E-state index is -0.558. The predicted octanol–water partition coefficient (Wildman–Crippen LogP) is 3.23. The van der Waals surface area contributed by atoms with Gasteiger partial charge in [-0.2, -0.15) is 0 Å². The molecule has 120 valence electrons. The third kappa shape index (κ3) is 3.78. The highest BCUT2D eigenvalue weighted by Crippen LogP contribution is 2.18. The zero-order valence-corrected chi connectivity index (χ0v) is 13.6. The number of rotatable bonds is 6. The molecule has 1 heterocycles. The van der Waals surface area contributed by atoms with Crippen molar-refractivity contribution in [1.29, 1.82) is 0 Å². The smallest absolute Gasteiger partial charge is 0.0959 e. The number of hydrogen-bond acceptors (Lipinski definition) is 3. The van der Waals surface area contributed by atoms with E-state index >= 15 is 0 Å². The zero-order chi connectivity index (χ0) is 16.2. The van der Waals surface area contributed by atoms with E-state index in [1.165, 1.54) is 11.1 Å². The van der Waals surface area contributed by atoms with Gasteiger partial charge >= 0.3 is 0 Å². The second-order valence-electron chi connectivity index (χ2n) is 5.98. The van der Waals surface area contributed by atoms with Crippen LogP contribution in [0.15, 0.2) is 48.8 Å². The van der Waals surface area contributed by atoms with Crippen molar-refractivity contribution in [1.82, 2.24) is 9.55 Å². The highest BCUT2D eigenvalue weighted by Gasteiger charge is 2.10. The minimum Gasteiger partial charge on any atom is -0.389 e. The first-order chi connectivity index (χ1) is 11.1. The third-order valence-corrected chi connectivity index (χ3v) is 4.07. The van der Waals surface area contributed by atoms with Gasteiger partial charge in [-0.05, 0) is 42.7 Å². The summed E-state index contributed by atoms with van der Waals surface area (Å²) in [5.41, 5.74) is 5.59. The van der Waals surface area contributed by atoms with Gasteiger partial charge in [-0.25, -0.2) is 4.98 Å². The average molecular weight is 310 g/mol. The van der Waals surface area contributed by atoms with Crippen molar-refractivity contribution in [2.45, 2.75) is 33.1 Å². The Bertz CT molecular complexity index is 781. The maximum Gasteiger partial charge on any atom is 0.0959 e. The maximum atomic E-state index is 10.2. The zero-order valence-electron chi connectivity index (χ0n) is 13.6. The summed E-state index contributed by atoms with van der Waals surface area (Å²) in [7, 11) is 0. The van der Waals surface area contributed by atoms with Crippen molar-refractivity contribution in [3.63, 3.8) is 0 Å². The summed E-state index contributed by atoms with van der Waals surface area (Å²) in [6.07, 6.45) is 1.22. The van der Waals surface area contributed by atoms with Crippen LogP contribution in [-0.4, -0.2) is 27.4 Å². The molecular formula is C19H22N2O2. The van der Waals surface area contributed by atoms with Crippen LogP contribution in [0.5, 0.6) is 0 Å². The quantitative estimate of drug-likeness (QED) is 0.760. The first-order valence-electron chi connectivity index (χ1n) is 7.85. The molecule has 0 fully saturated rings. The first kappa shape index (κ1) is 15.7. The number of aliphatic hydroxyl groups is 1. The fourth-order valence-electron chi connectivity index (χ4n) is 2.63. The second kappa shape index (κ2) is 6.94. The fraction of sp³-hybridized carbons (Fsp3) is 0.316. The van der Waals surface area contributed by atoms with Crippen LogP contribution in [0.3, 0.4) is 0 Å². The van der Waals surface area contributed by atoms with Gasteiger partial charge < -0.3 is 14.4 Å². The van der Waals surface area contributed by atoms with Crippen molar-refractivity contribution in [3.8, 4) is 0 Å². The molecule has 0 aliphatic rings. The van der Waals surface area contributed by atoms with Gasteiger partial charge in [0, 0.05) is 0 Å². The summed E-state index contributed by atoms with van der Waals surface area (Å²) in [5, 5.41) is 10.2. The molecule has 0 aliphatic carbocycles. The average Bonchev–Trinajstić information content (AvgIpc) is 2.91. The van der Waals surface area contributed by atoms with E-state index in [0.717, 1.165) is 16.6 Å². The number of hydrogen-bond donors (Lipinski definition) is 1. The van der Waals surface area contributed by atoms with Crippen LogP contribution < -0.4 is 0 Å². The Morgan fingerprint density at radius 3 is 2.65 bits per heavy atom. The lowest BCUT2D eigenvalue weighted by Crippen LogP contribution is -2.21. The van der Waals surface area contributed by atoms with Crippen molar-refractivity contribution in [3.05, 3.63) is 65.5 Å². The molecule has 0 spiro atoms. The molecule has 3 rings (SSSR count). The second-order valence-corrected chi connectivity index (χ2v) is 5.98. The standard InChI is InChI=1S/C19H22N2O2/c1-14-8-18-19(9-15(14)2)21(13-20-18)10-17(22)12-23-11-16-6-4-3-5-7-16/h3-9,13,17,22H,10-12H2,1-2H3/t17-/m0/s1. The number of ether oxygens (including phenoxy) is 1. The molecule has 0 unspecified atom stereocenters. The molecule has 0 aliphatic heterocycles. The SMILES string of the molecule is Cc1cc2ncn(C[C@H](O)COCc3ccccc3)c2cc1C. The molecule has 4 nitrogen and oxygen atoms in total. The van der Waals surface area contributed by atoms with Crippen LogP contribution in [0.2, 0.25) is 0 Å². The lowest BCUT2D eigenvalue weighted by molar-refractivity contribution is 0.0209. The molecule has 4 heteroatoms. The topological polar surface area (TPSA) is 47.3 Å². The summed E-state index contributed by atoms with van der Waals surface area (Å²) in [6.45, 7) is 5.47. The number of imidazole rings is 1. The largest absolute Gasteiger partial charge is 0.389 e. The Hall–Kier alpha value is -2.17. The van der Waals surface area contributed by atoms with E-state index in [0.29, 0.717) is 19.8 Å². The Morgan fingerprint density at radius 2 is 1.87 bits per heavy atom. The summed E-state index contributed by atoms with van der Waals surface area (Å²) in [4.78, 5) is 4.41. The molecule has 0 saturated heterocycles. The van der Waals surface area contributed by atoms with E-state index in [2.05, 4.69) is 31.0 Å². The fourth-order valence-corrected chi connectivity index (χ4v) is 2.63. The van der Waals surface area contributed by atoms with Gasteiger partial charge in [-0.1, -0.05) is 30.3 Å². The third-order valence-electron chi connectivity index (χ3n) is 4.07. The number of aliphatic hydroxyl groups excluding tert-OH is 1.